The third-order valence-corrected chi connectivity index (χ3v) is 4.03. The Morgan fingerprint density at radius 1 is 1.00 bits per heavy atom. The number of aryl methyl sites for hydroxylation is 2. The predicted molar refractivity (Wildman–Crippen MR) is 111 cm³/mol. The van der Waals surface area contributed by atoms with Crippen molar-refractivity contribution in [2.24, 2.45) is 16.5 Å². The third-order valence-electron chi connectivity index (χ3n) is 4.03. The van der Waals surface area contributed by atoms with Crippen LogP contribution in [0.5, 0.6) is 0 Å². The number of benzene rings is 2. The molecule has 2 aromatic rings. The van der Waals surface area contributed by atoms with Crippen molar-refractivity contribution >= 4 is 23.8 Å². The van der Waals surface area contributed by atoms with Gasteiger partial charge >= 0.3 is 12.0 Å². The van der Waals surface area contributed by atoms with Crippen LogP contribution in [0.15, 0.2) is 53.5 Å². The van der Waals surface area contributed by atoms with Crippen LogP contribution in [0.4, 0.5) is 10.5 Å². The molecule has 4 N–H and O–H groups in total. The standard InChI is InChI=1S/C11H11NO3.C10H12.CH4N2O/c1-2-15-11(14)7-9-3-5-10(6-4-9)12-8-13;1-2-6-10-8-4-3-7-9(10)5-1;2-1(3)4/h3-6H,2,7H2,1H3;1-2,5-6H,3-4,7-8H2;(H4,2,3,4). The number of fused-ring (bicyclic) bond motifs is 1. The Bertz CT molecular complexity index is 799. The molecule has 3 rings (SSSR count). The number of ether oxygens (including phenoxy) is 1. The summed E-state index contributed by atoms with van der Waals surface area (Å²) in [7, 11) is 0. The number of urea groups is 1. The quantitative estimate of drug-likeness (QED) is 0.466. The minimum atomic E-state index is -0.833. The maximum Gasteiger partial charge on any atom is 0.310 e. The molecular weight excluding hydrogens is 370 g/mol. The maximum absolute atomic E-state index is 11.1. The van der Waals surface area contributed by atoms with Gasteiger partial charge in [-0.15, -0.1) is 0 Å². The van der Waals surface area contributed by atoms with Crippen LogP contribution in [0.1, 0.15) is 36.5 Å². The summed E-state index contributed by atoms with van der Waals surface area (Å²) >= 11 is 0. The Hall–Kier alpha value is -3.44. The normalized spacial score (nSPS) is 11.2. The van der Waals surface area contributed by atoms with Crippen molar-refractivity contribution in [2.45, 2.75) is 39.0 Å². The first-order chi connectivity index (χ1) is 14.0. The van der Waals surface area contributed by atoms with E-state index in [0.717, 1.165) is 5.56 Å². The van der Waals surface area contributed by atoms with Gasteiger partial charge in [0.05, 0.1) is 18.7 Å². The van der Waals surface area contributed by atoms with Crippen molar-refractivity contribution in [3.63, 3.8) is 0 Å². The lowest BCUT2D eigenvalue weighted by Gasteiger charge is -2.13. The second kappa shape index (κ2) is 13.7. The van der Waals surface area contributed by atoms with Gasteiger partial charge in [-0.3, -0.25) is 4.79 Å². The molecule has 0 unspecified atom stereocenters. The van der Waals surface area contributed by atoms with E-state index in [1.807, 2.05) is 0 Å². The summed E-state index contributed by atoms with van der Waals surface area (Å²) in [4.78, 5) is 33.5. The van der Waals surface area contributed by atoms with Crippen molar-refractivity contribution in [2.75, 3.05) is 6.61 Å². The minimum Gasteiger partial charge on any atom is -0.466 e. The first-order valence-corrected chi connectivity index (χ1v) is 9.40. The van der Waals surface area contributed by atoms with Crippen molar-refractivity contribution in [1.82, 2.24) is 0 Å². The van der Waals surface area contributed by atoms with Crippen LogP contribution in [0.3, 0.4) is 0 Å². The summed E-state index contributed by atoms with van der Waals surface area (Å²) < 4.78 is 4.80. The summed E-state index contributed by atoms with van der Waals surface area (Å²) in [5.41, 5.74) is 13.0. The number of hydrogen-bond acceptors (Lipinski definition) is 5. The zero-order valence-corrected chi connectivity index (χ0v) is 16.6. The summed E-state index contributed by atoms with van der Waals surface area (Å²) in [6, 6.07) is 14.7. The number of isocyanates is 1. The molecule has 0 bridgehead atoms. The van der Waals surface area contributed by atoms with Crippen LogP contribution in [0.2, 0.25) is 0 Å². The molecule has 0 fully saturated rings. The molecule has 7 nitrogen and oxygen atoms in total. The van der Waals surface area contributed by atoms with Crippen molar-refractivity contribution in [3.05, 3.63) is 65.2 Å². The van der Waals surface area contributed by atoms with Crippen LogP contribution in [-0.4, -0.2) is 24.7 Å². The van der Waals surface area contributed by atoms with Gasteiger partial charge in [-0.05, 0) is 61.4 Å². The summed E-state index contributed by atoms with van der Waals surface area (Å²) in [6.07, 6.45) is 7.06. The van der Waals surface area contributed by atoms with Gasteiger partial charge < -0.3 is 16.2 Å². The number of primary amides is 2. The molecular formula is C22H27N3O4. The average Bonchev–Trinajstić information content (AvgIpc) is 2.70. The number of esters is 1. The molecule has 154 valence electrons. The molecule has 1 aliphatic carbocycles. The smallest absolute Gasteiger partial charge is 0.310 e. The molecule has 0 aliphatic heterocycles. The van der Waals surface area contributed by atoms with Crippen LogP contribution in [0.25, 0.3) is 0 Å². The summed E-state index contributed by atoms with van der Waals surface area (Å²) in [5, 5.41) is 0. The highest BCUT2D eigenvalue weighted by Gasteiger charge is 2.06. The largest absolute Gasteiger partial charge is 0.466 e. The Morgan fingerprint density at radius 2 is 1.52 bits per heavy atom. The molecule has 0 aromatic heterocycles. The highest BCUT2D eigenvalue weighted by Crippen LogP contribution is 2.19. The number of carbonyl (C=O) groups excluding carboxylic acids is 3. The van der Waals surface area contributed by atoms with Crippen molar-refractivity contribution in [1.29, 1.82) is 0 Å². The summed E-state index contributed by atoms with van der Waals surface area (Å²) in [6.45, 7) is 2.14. The summed E-state index contributed by atoms with van der Waals surface area (Å²) in [5.74, 6) is -0.260. The molecule has 7 heteroatoms. The van der Waals surface area contributed by atoms with Crippen LogP contribution < -0.4 is 11.5 Å². The van der Waals surface area contributed by atoms with E-state index in [9.17, 15) is 9.59 Å². The van der Waals surface area contributed by atoms with Crippen molar-refractivity contribution < 1.29 is 19.1 Å². The lowest BCUT2D eigenvalue weighted by atomic mass is 9.92. The zero-order valence-electron chi connectivity index (χ0n) is 16.6. The second-order valence-corrected chi connectivity index (χ2v) is 6.23. The highest BCUT2D eigenvalue weighted by molar-refractivity contribution is 5.72. The molecule has 0 saturated heterocycles. The molecule has 0 atom stereocenters. The average molecular weight is 397 g/mol. The second-order valence-electron chi connectivity index (χ2n) is 6.23. The van der Waals surface area contributed by atoms with Gasteiger partial charge in [0, 0.05) is 0 Å². The Labute approximate surface area is 170 Å². The molecule has 0 spiro atoms. The molecule has 0 radical (unpaired) electrons. The predicted octanol–water partition coefficient (Wildman–Crippen LogP) is 3.35. The van der Waals surface area contributed by atoms with Crippen LogP contribution in [0, 0.1) is 0 Å². The first-order valence-electron chi connectivity index (χ1n) is 9.40. The van der Waals surface area contributed by atoms with Crippen LogP contribution >= 0.6 is 0 Å². The topological polar surface area (TPSA) is 125 Å². The number of carbonyl (C=O) groups is 2. The molecule has 0 heterocycles. The van der Waals surface area contributed by atoms with Gasteiger partial charge in [-0.1, -0.05) is 36.4 Å². The minimum absolute atomic E-state index is 0.235. The Balaban J connectivity index is 0.000000257. The Kier molecular flexibility index (Phi) is 11.1. The van der Waals surface area contributed by atoms with E-state index in [4.69, 9.17) is 9.53 Å². The number of hydrogen-bond donors (Lipinski definition) is 2. The van der Waals surface area contributed by atoms with E-state index < -0.39 is 6.03 Å². The van der Waals surface area contributed by atoms with Gasteiger partial charge in [-0.25, -0.2) is 9.59 Å². The number of nitrogens with two attached hydrogens (primary N) is 2. The van der Waals surface area contributed by atoms with Gasteiger partial charge in [0.15, 0.2) is 0 Å². The molecule has 0 saturated carbocycles. The van der Waals surface area contributed by atoms with Gasteiger partial charge in [0.1, 0.15) is 0 Å². The Morgan fingerprint density at radius 3 is 1.97 bits per heavy atom. The monoisotopic (exact) mass is 397 g/mol. The third kappa shape index (κ3) is 10.5. The molecule has 1 aliphatic rings. The van der Waals surface area contributed by atoms with E-state index in [0.29, 0.717) is 12.3 Å². The van der Waals surface area contributed by atoms with E-state index in [2.05, 4.69) is 40.7 Å². The number of nitrogens with zero attached hydrogens (tertiary/aromatic N) is 1. The van der Waals surface area contributed by atoms with Crippen LogP contribution in [-0.2, 0) is 33.6 Å². The lowest BCUT2D eigenvalue weighted by Crippen LogP contribution is -2.18. The highest BCUT2D eigenvalue weighted by atomic mass is 16.5. The van der Waals surface area contributed by atoms with Gasteiger partial charge in [0.2, 0.25) is 6.08 Å². The van der Waals surface area contributed by atoms with Crippen molar-refractivity contribution in [3.8, 4) is 0 Å². The number of aliphatic imine (C=N–C) groups is 1. The molecule has 29 heavy (non-hydrogen) atoms. The zero-order chi connectivity index (χ0) is 21.5. The first kappa shape index (κ1) is 23.6. The lowest BCUT2D eigenvalue weighted by molar-refractivity contribution is -0.142. The number of rotatable bonds is 4. The fraction of sp³-hybridized carbons (Fsp3) is 0.318. The molecule has 2 amide bonds. The SMILES string of the molecule is CCOC(=O)Cc1ccc(N=C=O)cc1.NC(N)=O.c1ccc2c(c1)CCCC2. The van der Waals surface area contributed by atoms with E-state index in [1.54, 1.807) is 42.3 Å². The fourth-order valence-corrected chi connectivity index (χ4v) is 2.80. The van der Waals surface area contributed by atoms with E-state index >= 15 is 0 Å². The number of amides is 2. The van der Waals surface area contributed by atoms with E-state index in [-0.39, 0.29) is 12.4 Å². The van der Waals surface area contributed by atoms with E-state index in [1.165, 1.54) is 31.8 Å². The van der Waals surface area contributed by atoms with Gasteiger partial charge in [-0.2, -0.15) is 4.99 Å². The fourth-order valence-electron chi connectivity index (χ4n) is 2.80. The molecule has 2 aromatic carbocycles. The maximum atomic E-state index is 11.1. The van der Waals surface area contributed by atoms with Gasteiger partial charge in [0.25, 0.3) is 0 Å².